The van der Waals surface area contributed by atoms with Crippen molar-refractivity contribution >= 4 is 17.9 Å². The highest BCUT2D eigenvalue weighted by Gasteiger charge is 2.12. The zero-order valence-electron chi connectivity index (χ0n) is 9.78. The second kappa shape index (κ2) is 7.21. The predicted molar refractivity (Wildman–Crippen MR) is 57.6 cm³/mol. The van der Waals surface area contributed by atoms with E-state index in [0.29, 0.717) is 0 Å². The summed E-state index contributed by atoms with van der Waals surface area (Å²) in [6.45, 7) is 8.94. The summed E-state index contributed by atoms with van der Waals surface area (Å²) in [6, 6.07) is 0. The van der Waals surface area contributed by atoms with Gasteiger partial charge >= 0.3 is 17.9 Å². The third-order valence-electron chi connectivity index (χ3n) is 1.39. The molecule has 17 heavy (non-hydrogen) atoms. The number of ether oxygens (including phenoxy) is 3. The van der Waals surface area contributed by atoms with Gasteiger partial charge in [-0.3, -0.25) is 4.79 Å². The van der Waals surface area contributed by atoms with E-state index in [1.807, 2.05) is 0 Å². The minimum Gasteiger partial charge on any atom is -0.459 e. The van der Waals surface area contributed by atoms with Crippen molar-refractivity contribution < 1.29 is 28.6 Å². The van der Waals surface area contributed by atoms with Gasteiger partial charge in [-0.05, 0) is 13.5 Å². The molecule has 0 unspecified atom stereocenters. The number of rotatable bonds is 6. The molecule has 0 aliphatic carbocycles. The first-order valence-corrected chi connectivity index (χ1v) is 4.71. The van der Waals surface area contributed by atoms with Gasteiger partial charge in [-0.15, -0.1) is 0 Å². The summed E-state index contributed by atoms with van der Waals surface area (Å²) in [5.41, 5.74) is 0.251. The second-order valence-corrected chi connectivity index (χ2v) is 3.07. The van der Waals surface area contributed by atoms with Crippen LogP contribution in [-0.4, -0.2) is 31.1 Å². The minimum absolute atomic E-state index is 0.106. The van der Waals surface area contributed by atoms with E-state index in [2.05, 4.69) is 27.4 Å². The van der Waals surface area contributed by atoms with Gasteiger partial charge in [0.1, 0.15) is 13.2 Å². The summed E-state index contributed by atoms with van der Waals surface area (Å²) < 4.78 is 13.7. The largest absolute Gasteiger partial charge is 0.459 e. The molecule has 0 saturated heterocycles. The third kappa shape index (κ3) is 6.88. The molecular formula is C11H14O6. The first-order valence-electron chi connectivity index (χ1n) is 4.71. The highest BCUT2D eigenvalue weighted by atomic mass is 16.6. The maximum atomic E-state index is 11.1. The Morgan fingerprint density at radius 2 is 1.41 bits per heavy atom. The van der Waals surface area contributed by atoms with E-state index in [-0.39, 0.29) is 18.8 Å². The second-order valence-electron chi connectivity index (χ2n) is 3.07. The first-order chi connectivity index (χ1) is 7.84. The van der Waals surface area contributed by atoms with Crippen LogP contribution in [0.4, 0.5) is 0 Å². The van der Waals surface area contributed by atoms with Crippen LogP contribution in [0.2, 0.25) is 0 Å². The van der Waals surface area contributed by atoms with Crippen LogP contribution in [0.15, 0.2) is 24.5 Å². The Morgan fingerprint density at radius 3 is 1.82 bits per heavy atom. The molecule has 0 fully saturated rings. The summed E-state index contributed by atoms with van der Waals surface area (Å²) in [4.78, 5) is 32.5. The number of esters is 3. The quantitative estimate of drug-likeness (QED) is 0.224. The van der Waals surface area contributed by atoms with Gasteiger partial charge in [-0.2, -0.15) is 0 Å². The molecule has 0 aromatic rings. The van der Waals surface area contributed by atoms with Crippen LogP contribution in [-0.2, 0) is 28.6 Å². The molecule has 0 amide bonds. The molecule has 0 rings (SSSR count). The van der Waals surface area contributed by atoms with E-state index in [1.54, 1.807) is 0 Å². The van der Waals surface area contributed by atoms with Crippen molar-refractivity contribution in [1.82, 2.24) is 0 Å². The fourth-order valence-electron chi connectivity index (χ4n) is 0.688. The molecule has 0 spiro atoms. The topological polar surface area (TPSA) is 78.9 Å². The lowest BCUT2D eigenvalue weighted by Gasteiger charge is -2.07. The Hall–Kier alpha value is -2.11. The Morgan fingerprint density at radius 1 is 0.941 bits per heavy atom. The van der Waals surface area contributed by atoms with E-state index < -0.39 is 23.7 Å². The maximum Gasteiger partial charge on any atom is 0.373 e. The summed E-state index contributed by atoms with van der Waals surface area (Å²) in [7, 11) is 0. The molecule has 0 heterocycles. The van der Waals surface area contributed by atoms with Crippen molar-refractivity contribution in [3.8, 4) is 0 Å². The van der Waals surface area contributed by atoms with E-state index >= 15 is 0 Å². The Kier molecular flexibility index (Phi) is 6.32. The van der Waals surface area contributed by atoms with Crippen molar-refractivity contribution in [2.24, 2.45) is 0 Å². The van der Waals surface area contributed by atoms with Crippen LogP contribution in [0.3, 0.4) is 0 Å². The van der Waals surface area contributed by atoms with E-state index in [0.717, 1.165) is 6.92 Å². The molecule has 0 N–H and O–H groups in total. The van der Waals surface area contributed by atoms with Crippen LogP contribution in [0.25, 0.3) is 0 Å². The van der Waals surface area contributed by atoms with Gasteiger partial charge in [-0.25, -0.2) is 9.59 Å². The van der Waals surface area contributed by atoms with Crippen molar-refractivity contribution in [2.45, 2.75) is 13.8 Å². The van der Waals surface area contributed by atoms with E-state index in [4.69, 9.17) is 0 Å². The van der Waals surface area contributed by atoms with E-state index in [9.17, 15) is 14.4 Å². The molecule has 94 valence electrons. The van der Waals surface area contributed by atoms with Crippen molar-refractivity contribution in [3.05, 3.63) is 24.5 Å². The zero-order chi connectivity index (χ0) is 13.4. The molecule has 0 saturated carbocycles. The number of hydrogen-bond acceptors (Lipinski definition) is 6. The zero-order valence-corrected chi connectivity index (χ0v) is 9.78. The number of carbonyl (C=O) groups is 3. The first kappa shape index (κ1) is 14.9. The molecule has 0 atom stereocenters. The van der Waals surface area contributed by atoms with Crippen LogP contribution in [0, 0.1) is 0 Å². The summed E-state index contributed by atoms with van der Waals surface area (Å²) >= 11 is 0. The molecule has 6 heteroatoms. The van der Waals surface area contributed by atoms with Crippen LogP contribution in [0.5, 0.6) is 0 Å². The Labute approximate surface area is 98.8 Å². The van der Waals surface area contributed by atoms with Gasteiger partial charge in [0.2, 0.25) is 5.76 Å². The van der Waals surface area contributed by atoms with Crippen molar-refractivity contribution in [1.29, 1.82) is 0 Å². The van der Waals surface area contributed by atoms with Crippen LogP contribution < -0.4 is 0 Å². The highest BCUT2D eigenvalue weighted by molar-refractivity contribution is 5.88. The number of hydrogen-bond donors (Lipinski definition) is 0. The fraction of sp³-hybridized carbons (Fsp3) is 0.364. The van der Waals surface area contributed by atoms with Gasteiger partial charge in [0.15, 0.2) is 0 Å². The van der Waals surface area contributed by atoms with Crippen molar-refractivity contribution in [2.75, 3.05) is 13.2 Å². The molecular weight excluding hydrogens is 228 g/mol. The highest BCUT2D eigenvalue weighted by Crippen LogP contribution is 1.98. The average Bonchev–Trinajstić information content (AvgIpc) is 2.22. The van der Waals surface area contributed by atoms with Gasteiger partial charge < -0.3 is 14.2 Å². The van der Waals surface area contributed by atoms with Gasteiger partial charge in [-0.1, -0.05) is 6.58 Å². The molecule has 0 bridgehead atoms. The number of carbonyl (C=O) groups excluding carboxylic acids is 3. The third-order valence-corrected chi connectivity index (χ3v) is 1.39. The fourth-order valence-corrected chi connectivity index (χ4v) is 0.688. The van der Waals surface area contributed by atoms with Gasteiger partial charge in [0, 0.05) is 12.5 Å². The maximum absolute atomic E-state index is 11.1. The lowest BCUT2D eigenvalue weighted by molar-refractivity contribution is -0.153. The Balaban J connectivity index is 3.79. The molecule has 0 aliphatic heterocycles. The Bertz CT molecular complexity index is 355. The average molecular weight is 242 g/mol. The van der Waals surface area contributed by atoms with Crippen molar-refractivity contribution in [3.63, 3.8) is 0 Å². The normalized spacial score (nSPS) is 9.06. The molecule has 0 radical (unpaired) electrons. The summed E-state index contributed by atoms with van der Waals surface area (Å²) in [6.07, 6.45) is 0. The summed E-state index contributed by atoms with van der Waals surface area (Å²) in [5, 5.41) is 0. The molecule has 0 aliphatic rings. The minimum atomic E-state index is -0.883. The lowest BCUT2D eigenvalue weighted by atomic mass is 10.4. The monoisotopic (exact) mass is 242 g/mol. The molecule has 0 aromatic heterocycles. The predicted octanol–water partition coefficient (Wildman–Crippen LogP) is 0.726. The lowest BCUT2D eigenvalue weighted by Crippen LogP contribution is -2.16. The van der Waals surface area contributed by atoms with E-state index in [1.165, 1.54) is 6.92 Å². The molecule has 0 aromatic carbocycles. The standard InChI is InChI=1S/C11H14O6/c1-7(2)10(13)15-5-6-16-11(14)8(3)17-9(4)12/h1,3,5-6H2,2,4H3. The van der Waals surface area contributed by atoms with Gasteiger partial charge in [0.25, 0.3) is 0 Å². The smallest absolute Gasteiger partial charge is 0.373 e. The van der Waals surface area contributed by atoms with Gasteiger partial charge in [0.05, 0.1) is 0 Å². The summed E-state index contributed by atoms with van der Waals surface area (Å²) in [5.74, 6) is -2.53. The molecule has 6 nitrogen and oxygen atoms in total. The van der Waals surface area contributed by atoms with Crippen LogP contribution in [0.1, 0.15) is 13.8 Å². The van der Waals surface area contributed by atoms with Crippen LogP contribution >= 0.6 is 0 Å². The SMILES string of the molecule is C=C(C)C(=O)OCCOC(=O)C(=C)OC(C)=O.